The summed E-state index contributed by atoms with van der Waals surface area (Å²) in [5, 5.41) is 0.822. The van der Waals surface area contributed by atoms with Crippen molar-refractivity contribution in [3.05, 3.63) is 58.6 Å². The van der Waals surface area contributed by atoms with Crippen molar-refractivity contribution in [1.29, 1.82) is 0 Å². The molecule has 20 heavy (non-hydrogen) atoms. The summed E-state index contributed by atoms with van der Waals surface area (Å²) in [4.78, 5) is 1.25. The molecule has 0 atom stereocenters. The monoisotopic (exact) mass is 305 g/mol. The second-order valence-electron chi connectivity index (χ2n) is 4.67. The molecule has 0 heterocycles. The van der Waals surface area contributed by atoms with Gasteiger partial charge in [0.2, 0.25) is 0 Å². The van der Waals surface area contributed by atoms with Gasteiger partial charge in [-0.25, -0.2) is 0 Å². The molecule has 2 aromatic rings. The van der Waals surface area contributed by atoms with Crippen LogP contribution in [0.15, 0.2) is 47.4 Å². The molecule has 2 aromatic carbocycles. The smallest absolute Gasteiger partial charge is 0.0517 e. The number of halogens is 1. The minimum Gasteiger partial charge on any atom is -0.312 e. The third-order valence-electron chi connectivity index (χ3n) is 3.34. The topological polar surface area (TPSA) is 3.24 Å². The quantitative estimate of drug-likeness (QED) is 0.648. The summed E-state index contributed by atoms with van der Waals surface area (Å²) in [5.41, 5.74) is 3.69. The zero-order valence-corrected chi connectivity index (χ0v) is 13.8. The predicted molar refractivity (Wildman–Crippen MR) is 90.9 cm³/mol. The van der Waals surface area contributed by atoms with Gasteiger partial charge in [-0.15, -0.1) is 0 Å². The molecule has 106 valence electrons. The Balaban J connectivity index is 2.21. The van der Waals surface area contributed by atoms with E-state index in [1.807, 2.05) is 12.1 Å². The van der Waals surface area contributed by atoms with Crippen molar-refractivity contribution in [2.75, 3.05) is 10.8 Å². The molecule has 0 fully saturated rings. The third kappa shape index (κ3) is 3.50. The highest BCUT2D eigenvalue weighted by Crippen LogP contribution is 2.33. The third-order valence-corrected chi connectivity index (χ3v) is 4.91. The minimum absolute atomic E-state index is 0.822. The lowest BCUT2D eigenvalue weighted by atomic mass is 10.2. The zero-order valence-electron chi connectivity index (χ0n) is 12.2. The average Bonchev–Trinajstić information content (AvgIpc) is 2.48. The lowest BCUT2D eigenvalue weighted by Gasteiger charge is -2.24. The first-order valence-corrected chi connectivity index (χ1v) is 8.10. The van der Waals surface area contributed by atoms with Gasteiger partial charge in [0.05, 0.1) is 5.69 Å². The van der Waals surface area contributed by atoms with Gasteiger partial charge in [0.15, 0.2) is 0 Å². The SMILES string of the molecule is CCc1ccc(SN(CC)c2cccc(Cl)c2C)cc1. The maximum Gasteiger partial charge on any atom is 0.0517 e. The van der Waals surface area contributed by atoms with Crippen LogP contribution in [0.25, 0.3) is 0 Å². The van der Waals surface area contributed by atoms with Gasteiger partial charge >= 0.3 is 0 Å². The summed E-state index contributed by atoms with van der Waals surface area (Å²) in [6, 6.07) is 14.8. The van der Waals surface area contributed by atoms with E-state index < -0.39 is 0 Å². The molecule has 0 radical (unpaired) electrons. The van der Waals surface area contributed by atoms with E-state index in [9.17, 15) is 0 Å². The number of hydrogen-bond donors (Lipinski definition) is 0. The number of aryl methyl sites for hydroxylation is 1. The van der Waals surface area contributed by atoms with E-state index in [2.05, 4.69) is 55.4 Å². The van der Waals surface area contributed by atoms with Crippen molar-refractivity contribution in [3.63, 3.8) is 0 Å². The molecular formula is C17H20ClNS. The maximum atomic E-state index is 6.22. The fourth-order valence-corrected chi connectivity index (χ4v) is 3.17. The molecule has 1 nitrogen and oxygen atoms in total. The zero-order chi connectivity index (χ0) is 14.5. The molecule has 0 unspecified atom stereocenters. The van der Waals surface area contributed by atoms with Crippen molar-refractivity contribution in [2.45, 2.75) is 32.1 Å². The Kier molecular flexibility index (Phi) is 5.38. The summed E-state index contributed by atoms with van der Waals surface area (Å²) < 4.78 is 2.28. The van der Waals surface area contributed by atoms with Gasteiger partial charge in [-0.3, -0.25) is 0 Å². The molecule has 0 aromatic heterocycles. The molecule has 2 rings (SSSR count). The van der Waals surface area contributed by atoms with Crippen LogP contribution in [0.4, 0.5) is 5.69 Å². The number of rotatable bonds is 5. The average molecular weight is 306 g/mol. The summed E-state index contributed by atoms with van der Waals surface area (Å²) >= 11 is 7.98. The molecular weight excluding hydrogens is 286 g/mol. The van der Waals surface area contributed by atoms with Crippen molar-refractivity contribution in [2.24, 2.45) is 0 Å². The Hall–Kier alpha value is -1.12. The summed E-state index contributed by atoms with van der Waals surface area (Å²) in [5.74, 6) is 0. The van der Waals surface area contributed by atoms with Gasteiger partial charge < -0.3 is 4.31 Å². The van der Waals surface area contributed by atoms with E-state index >= 15 is 0 Å². The number of anilines is 1. The summed E-state index contributed by atoms with van der Waals surface area (Å²) in [7, 11) is 0. The lowest BCUT2D eigenvalue weighted by Crippen LogP contribution is -2.14. The summed E-state index contributed by atoms with van der Waals surface area (Å²) in [6.45, 7) is 7.34. The Bertz CT molecular complexity index is 566. The Morgan fingerprint density at radius 1 is 1.05 bits per heavy atom. The molecule has 0 bridgehead atoms. The Morgan fingerprint density at radius 3 is 2.35 bits per heavy atom. The largest absolute Gasteiger partial charge is 0.312 e. The molecule has 0 N–H and O–H groups in total. The molecule has 0 aliphatic carbocycles. The van der Waals surface area contributed by atoms with Crippen LogP contribution in [0.5, 0.6) is 0 Å². The molecule has 0 spiro atoms. The van der Waals surface area contributed by atoms with E-state index in [1.54, 1.807) is 11.9 Å². The van der Waals surface area contributed by atoms with Crippen LogP contribution >= 0.6 is 23.5 Å². The van der Waals surface area contributed by atoms with Gasteiger partial charge in [0, 0.05) is 16.5 Å². The second kappa shape index (κ2) is 7.05. The van der Waals surface area contributed by atoms with Crippen LogP contribution in [-0.4, -0.2) is 6.54 Å². The second-order valence-corrected chi connectivity index (χ2v) is 6.17. The van der Waals surface area contributed by atoms with Gasteiger partial charge in [-0.05, 0) is 67.6 Å². The van der Waals surface area contributed by atoms with E-state index in [1.165, 1.54) is 16.1 Å². The van der Waals surface area contributed by atoms with Crippen LogP contribution in [0.1, 0.15) is 25.0 Å². The predicted octanol–water partition coefficient (Wildman–Crippen LogP) is 5.74. The first-order valence-electron chi connectivity index (χ1n) is 6.95. The first kappa shape index (κ1) is 15.3. The molecule has 3 heteroatoms. The van der Waals surface area contributed by atoms with Gasteiger partial charge in [0.1, 0.15) is 0 Å². The van der Waals surface area contributed by atoms with E-state index in [0.717, 1.165) is 23.6 Å². The number of nitrogens with zero attached hydrogens (tertiary/aromatic N) is 1. The number of hydrogen-bond acceptors (Lipinski definition) is 2. The van der Waals surface area contributed by atoms with Gasteiger partial charge in [-0.2, -0.15) is 0 Å². The van der Waals surface area contributed by atoms with Gasteiger partial charge in [0.25, 0.3) is 0 Å². The number of benzene rings is 2. The highest BCUT2D eigenvalue weighted by Gasteiger charge is 2.11. The lowest BCUT2D eigenvalue weighted by molar-refractivity contribution is 1.09. The maximum absolute atomic E-state index is 6.22. The van der Waals surface area contributed by atoms with Crippen molar-refractivity contribution >= 4 is 29.2 Å². The standard InChI is InChI=1S/C17H20ClNS/c1-4-14-9-11-15(12-10-14)20-19(5-2)17-8-6-7-16(18)13(17)3/h6-12H,4-5H2,1-3H3. The highest BCUT2D eigenvalue weighted by atomic mass is 35.5. The molecule has 0 saturated carbocycles. The Morgan fingerprint density at radius 2 is 1.75 bits per heavy atom. The normalized spacial score (nSPS) is 10.6. The highest BCUT2D eigenvalue weighted by molar-refractivity contribution is 8.00. The van der Waals surface area contributed by atoms with E-state index in [-0.39, 0.29) is 0 Å². The van der Waals surface area contributed by atoms with Crippen LogP contribution in [0, 0.1) is 6.92 Å². The minimum atomic E-state index is 0.822. The van der Waals surface area contributed by atoms with Crippen LogP contribution in [0.2, 0.25) is 5.02 Å². The fourth-order valence-electron chi connectivity index (χ4n) is 2.06. The van der Waals surface area contributed by atoms with Crippen LogP contribution in [0.3, 0.4) is 0 Å². The van der Waals surface area contributed by atoms with Gasteiger partial charge in [-0.1, -0.05) is 36.7 Å². The summed E-state index contributed by atoms with van der Waals surface area (Å²) in [6.07, 6.45) is 1.08. The van der Waals surface area contributed by atoms with Crippen molar-refractivity contribution in [3.8, 4) is 0 Å². The molecule has 0 aliphatic rings. The van der Waals surface area contributed by atoms with Crippen LogP contribution < -0.4 is 4.31 Å². The molecule has 0 amide bonds. The fraction of sp³-hybridized carbons (Fsp3) is 0.294. The Labute approximate surface area is 131 Å². The van der Waals surface area contributed by atoms with Crippen LogP contribution in [-0.2, 0) is 6.42 Å². The van der Waals surface area contributed by atoms with E-state index in [4.69, 9.17) is 11.6 Å². The molecule has 0 saturated heterocycles. The van der Waals surface area contributed by atoms with Crippen molar-refractivity contribution < 1.29 is 0 Å². The first-order chi connectivity index (χ1) is 9.65. The molecule has 0 aliphatic heterocycles. The van der Waals surface area contributed by atoms with E-state index in [0.29, 0.717) is 0 Å². The van der Waals surface area contributed by atoms with Crippen molar-refractivity contribution in [1.82, 2.24) is 0 Å².